The lowest BCUT2D eigenvalue weighted by Gasteiger charge is -2.23. The molecule has 0 aromatic heterocycles. The van der Waals surface area contributed by atoms with E-state index < -0.39 is 39.8 Å². The first kappa shape index (κ1) is 39.4. The van der Waals surface area contributed by atoms with Gasteiger partial charge in [0.05, 0.1) is 28.3 Å². The van der Waals surface area contributed by atoms with Crippen molar-refractivity contribution >= 4 is 39.8 Å². The number of hydrogen-bond donors (Lipinski definition) is 2. The summed E-state index contributed by atoms with van der Waals surface area (Å²) in [6.07, 6.45) is 12.2. The number of carbonyl (C=O) groups excluding carboxylic acids is 2. The maximum Gasteiger partial charge on any atom is 0.513 e. The number of rotatable bonds is 21. The van der Waals surface area contributed by atoms with Gasteiger partial charge in [-0.15, -0.1) is 0 Å². The van der Waals surface area contributed by atoms with E-state index in [0.717, 1.165) is 49.7 Å². The van der Waals surface area contributed by atoms with Crippen LogP contribution in [0, 0.1) is 0 Å². The quantitative estimate of drug-likeness (QED) is 0.0430. The highest BCUT2D eigenvalue weighted by atomic mass is 32.2. The van der Waals surface area contributed by atoms with Gasteiger partial charge in [0, 0.05) is 13.9 Å². The van der Waals surface area contributed by atoms with E-state index >= 15 is 0 Å². The summed E-state index contributed by atoms with van der Waals surface area (Å²) in [7, 11) is -10.5. The van der Waals surface area contributed by atoms with E-state index in [4.69, 9.17) is 28.1 Å². The van der Waals surface area contributed by atoms with Crippen LogP contribution in [0.2, 0.25) is 0 Å². The third-order valence-corrected chi connectivity index (χ3v) is 13.1. The zero-order valence-corrected chi connectivity index (χ0v) is 29.0. The molecular formula is C31H46O12PS2+. The van der Waals surface area contributed by atoms with Crippen molar-refractivity contribution in [1.29, 1.82) is 0 Å². The van der Waals surface area contributed by atoms with E-state index in [0.29, 0.717) is 12.3 Å². The van der Waals surface area contributed by atoms with Crippen LogP contribution >= 0.6 is 7.26 Å². The van der Waals surface area contributed by atoms with Crippen LogP contribution in [0.3, 0.4) is 0 Å². The first-order valence-electron chi connectivity index (χ1n) is 15.4. The first-order valence-corrected chi connectivity index (χ1v) is 21.1. The molecule has 0 spiro atoms. The molecule has 0 aliphatic rings. The van der Waals surface area contributed by atoms with E-state index in [2.05, 4.69) is 13.6 Å². The molecule has 2 aromatic rings. The Morgan fingerprint density at radius 2 is 0.935 bits per heavy atom. The molecular weight excluding hydrogens is 659 g/mol. The summed E-state index contributed by atoms with van der Waals surface area (Å²) < 4.78 is 83.7. The molecule has 0 atom stereocenters. The molecule has 0 fully saturated rings. The summed E-state index contributed by atoms with van der Waals surface area (Å²) >= 11 is 0. The Balaban J connectivity index is 1.85. The number of benzene rings is 2. The topological polar surface area (TPSA) is 180 Å². The van der Waals surface area contributed by atoms with Crippen molar-refractivity contribution < 1.29 is 54.5 Å². The van der Waals surface area contributed by atoms with Gasteiger partial charge in [-0.05, 0) is 61.4 Å². The molecule has 0 amide bonds. The normalized spacial score (nSPS) is 12.0. The molecule has 0 aliphatic carbocycles. The molecule has 15 heteroatoms. The second-order valence-corrected chi connectivity index (χ2v) is 18.7. The largest absolute Gasteiger partial charge is 0.513 e. The van der Waals surface area contributed by atoms with Gasteiger partial charge < -0.3 is 18.9 Å². The third kappa shape index (κ3) is 16.2. The number of ether oxygens (including phenoxy) is 4. The Bertz CT molecular complexity index is 1330. The van der Waals surface area contributed by atoms with Crippen molar-refractivity contribution in [2.24, 2.45) is 0 Å². The van der Waals surface area contributed by atoms with Gasteiger partial charge in [0.15, 0.2) is 0 Å². The average Bonchev–Trinajstić information content (AvgIpc) is 2.98. The molecule has 2 N–H and O–H groups in total. The van der Waals surface area contributed by atoms with Gasteiger partial charge in [-0.25, -0.2) is 9.59 Å². The Kier molecular flexibility index (Phi) is 17.0. The minimum Gasteiger partial charge on any atom is -0.430 e. The van der Waals surface area contributed by atoms with Gasteiger partial charge in [0.2, 0.25) is 0 Å². The maximum atomic E-state index is 12.2. The lowest BCUT2D eigenvalue weighted by atomic mass is 10.1. The van der Waals surface area contributed by atoms with Crippen LogP contribution in [0.5, 0.6) is 11.5 Å². The van der Waals surface area contributed by atoms with Crippen molar-refractivity contribution in [3.05, 3.63) is 48.5 Å². The summed E-state index contributed by atoms with van der Waals surface area (Å²) in [5.74, 6) is 0.111. The lowest BCUT2D eigenvalue weighted by Crippen LogP contribution is -2.20. The second kappa shape index (κ2) is 19.8. The number of unbranched alkanes of at least 4 members (excludes halogenated alkanes) is 9. The van der Waals surface area contributed by atoms with Crippen LogP contribution in [0.15, 0.2) is 58.3 Å². The Labute approximate surface area is 273 Å². The molecule has 0 aliphatic heterocycles. The van der Waals surface area contributed by atoms with Crippen LogP contribution < -0.4 is 9.47 Å². The Hall–Kier alpha value is -2.77. The van der Waals surface area contributed by atoms with E-state index in [1.54, 1.807) is 0 Å². The van der Waals surface area contributed by atoms with Crippen LogP contribution in [0.1, 0.15) is 71.1 Å². The van der Waals surface area contributed by atoms with Crippen molar-refractivity contribution in [1.82, 2.24) is 0 Å². The summed E-state index contributed by atoms with van der Waals surface area (Å²) in [6, 6.07) is 9.33. The molecule has 258 valence electrons. The van der Waals surface area contributed by atoms with Crippen molar-refractivity contribution in [2.75, 3.05) is 38.4 Å². The van der Waals surface area contributed by atoms with Crippen LogP contribution in [-0.2, 0) is 29.7 Å². The van der Waals surface area contributed by atoms with Gasteiger partial charge in [0.25, 0.3) is 20.2 Å². The van der Waals surface area contributed by atoms with Gasteiger partial charge >= 0.3 is 12.3 Å². The Morgan fingerprint density at radius 1 is 0.587 bits per heavy atom. The lowest BCUT2D eigenvalue weighted by molar-refractivity contribution is 0.104. The molecule has 12 nitrogen and oxygen atoms in total. The van der Waals surface area contributed by atoms with E-state index in [1.165, 1.54) is 69.2 Å². The smallest absolute Gasteiger partial charge is 0.430 e. The predicted molar refractivity (Wildman–Crippen MR) is 176 cm³/mol. The van der Waals surface area contributed by atoms with E-state index in [1.807, 2.05) is 0 Å². The van der Waals surface area contributed by atoms with Crippen LogP contribution in [0.4, 0.5) is 9.59 Å². The summed E-state index contributed by atoms with van der Waals surface area (Å²) in [5.41, 5.74) is 0. The fourth-order valence-corrected chi connectivity index (χ4v) is 8.31. The molecule has 2 rings (SSSR count). The van der Waals surface area contributed by atoms with Crippen LogP contribution in [-0.4, -0.2) is 76.6 Å². The van der Waals surface area contributed by atoms with Gasteiger partial charge in [-0.2, -0.15) is 16.8 Å². The molecule has 0 heterocycles. The van der Waals surface area contributed by atoms with Crippen molar-refractivity contribution in [3.8, 4) is 11.5 Å². The predicted octanol–water partition coefficient (Wildman–Crippen LogP) is 7.48. The highest BCUT2D eigenvalue weighted by Crippen LogP contribution is 2.55. The zero-order valence-electron chi connectivity index (χ0n) is 26.5. The highest BCUT2D eigenvalue weighted by molar-refractivity contribution is 7.86. The average molecular weight is 706 g/mol. The monoisotopic (exact) mass is 705 g/mol. The maximum absolute atomic E-state index is 12.2. The van der Waals surface area contributed by atoms with E-state index in [-0.39, 0.29) is 34.5 Å². The van der Waals surface area contributed by atoms with Crippen molar-refractivity contribution in [2.45, 2.75) is 80.9 Å². The molecule has 2 aromatic carbocycles. The molecule has 0 saturated heterocycles. The van der Waals surface area contributed by atoms with Gasteiger partial charge in [-0.1, -0.05) is 58.3 Å². The second-order valence-electron chi connectivity index (χ2n) is 11.3. The highest BCUT2D eigenvalue weighted by Gasteiger charge is 2.32. The number of hydrogen-bond acceptors (Lipinski definition) is 10. The van der Waals surface area contributed by atoms with Gasteiger partial charge in [-0.3, -0.25) is 9.11 Å². The Morgan fingerprint density at radius 3 is 1.28 bits per heavy atom. The van der Waals surface area contributed by atoms with Gasteiger partial charge in [0.1, 0.15) is 24.7 Å². The van der Waals surface area contributed by atoms with E-state index in [9.17, 15) is 26.4 Å². The number of carbonyl (C=O) groups is 2. The summed E-state index contributed by atoms with van der Waals surface area (Å²) in [5, 5.41) is 0. The zero-order chi connectivity index (χ0) is 34.1. The summed E-state index contributed by atoms with van der Waals surface area (Å²) in [6.45, 7) is 4.50. The first-order chi connectivity index (χ1) is 21.7. The molecule has 0 radical (unpaired) electrons. The molecule has 0 saturated carbocycles. The fraction of sp³-hybridized carbons (Fsp3) is 0.548. The SMILES string of the molecule is CCCCCCCCCCCC[P+](C)(CCOC(=O)Oc1ccc(S(=O)(=O)O)cc1)CCOC(=O)Oc1ccc(S(=O)(=O)O)cc1. The minimum absolute atomic E-state index is 0.0554. The fourth-order valence-electron chi connectivity index (χ4n) is 4.63. The van der Waals surface area contributed by atoms with Crippen LogP contribution in [0.25, 0.3) is 0 Å². The standard InChI is InChI=1S/C31H45O12PS2/c1-3-4-5-6-7-8-9-10-11-12-23-44(2,24-21-40-30(32)42-26-13-17-28(18-14-26)45(34,35)36)25-22-41-31(33)43-27-15-19-29(20-16-27)46(37,38)39/h13-20H,3-12,21-25H2,1-2H3,(H-,34,35,36,37,38,39)/p+1. The summed E-state index contributed by atoms with van der Waals surface area (Å²) in [4.78, 5) is 23.8. The minimum atomic E-state index is -4.37. The third-order valence-electron chi connectivity index (χ3n) is 7.40. The molecule has 0 bridgehead atoms. The molecule has 46 heavy (non-hydrogen) atoms. The molecule has 0 unspecified atom stereocenters. The van der Waals surface area contributed by atoms with Crippen molar-refractivity contribution in [3.63, 3.8) is 0 Å².